The molecule has 1 aromatic rings. The molecule has 2 heteroatoms. The lowest BCUT2D eigenvalue weighted by molar-refractivity contribution is 0.336. The van der Waals surface area contributed by atoms with Gasteiger partial charge in [-0.1, -0.05) is 26.0 Å². The Labute approximate surface area is 98.8 Å². The molecule has 2 nitrogen and oxygen atoms in total. The van der Waals surface area contributed by atoms with Crippen LogP contribution in [-0.2, 0) is 12.8 Å². The highest BCUT2D eigenvalue weighted by molar-refractivity contribution is 5.37. The second-order valence-corrected chi connectivity index (χ2v) is 4.10. The van der Waals surface area contributed by atoms with Crippen molar-refractivity contribution < 1.29 is 4.74 Å². The predicted octanol–water partition coefficient (Wildman–Crippen LogP) is 2.93. The van der Waals surface area contributed by atoms with Gasteiger partial charge in [0.2, 0.25) is 0 Å². The molecule has 0 amide bonds. The van der Waals surface area contributed by atoms with E-state index in [0.29, 0.717) is 0 Å². The number of hydrogen-bond acceptors (Lipinski definition) is 2. The molecule has 1 aromatic carbocycles. The van der Waals surface area contributed by atoms with Crippen LogP contribution < -0.4 is 10.5 Å². The van der Waals surface area contributed by atoms with Crippen LogP contribution in [0.4, 0.5) is 0 Å². The van der Waals surface area contributed by atoms with Gasteiger partial charge >= 0.3 is 0 Å². The molecule has 0 saturated carbocycles. The molecule has 0 radical (unpaired) electrons. The van der Waals surface area contributed by atoms with Crippen LogP contribution in [-0.4, -0.2) is 12.6 Å². The number of aryl methyl sites for hydroxylation is 1. The Bertz CT molecular complexity index is 323. The highest BCUT2D eigenvalue weighted by Crippen LogP contribution is 2.21. The number of hydrogen-bond donors (Lipinski definition) is 1. The number of rotatable bonds is 6. The van der Waals surface area contributed by atoms with Crippen molar-refractivity contribution in [1.82, 2.24) is 0 Å². The molecule has 1 rings (SSSR count). The molecule has 0 heterocycles. The van der Waals surface area contributed by atoms with E-state index < -0.39 is 0 Å². The molecule has 16 heavy (non-hydrogen) atoms. The van der Waals surface area contributed by atoms with Gasteiger partial charge in [0, 0.05) is 6.04 Å². The largest absolute Gasteiger partial charge is 0.494 e. The summed E-state index contributed by atoms with van der Waals surface area (Å²) in [6, 6.07) is 6.68. The Kier molecular flexibility index (Phi) is 5.33. The van der Waals surface area contributed by atoms with Gasteiger partial charge in [-0.3, -0.25) is 0 Å². The molecule has 2 N–H and O–H groups in total. The summed E-state index contributed by atoms with van der Waals surface area (Å²) < 4.78 is 5.58. The van der Waals surface area contributed by atoms with E-state index in [1.54, 1.807) is 0 Å². The maximum absolute atomic E-state index is 5.96. The number of ether oxygens (including phenoxy) is 1. The summed E-state index contributed by atoms with van der Waals surface area (Å²) in [5.41, 5.74) is 8.56. The molecule has 0 aliphatic heterocycles. The van der Waals surface area contributed by atoms with Crippen molar-refractivity contribution in [2.24, 2.45) is 5.73 Å². The fourth-order valence-electron chi connectivity index (χ4n) is 1.78. The minimum absolute atomic E-state index is 0.266. The van der Waals surface area contributed by atoms with Crippen LogP contribution in [0.25, 0.3) is 0 Å². The van der Waals surface area contributed by atoms with Crippen LogP contribution >= 0.6 is 0 Å². The molecule has 0 spiro atoms. The molecule has 0 aliphatic carbocycles. The molecule has 90 valence electrons. The number of benzene rings is 1. The first-order valence-electron chi connectivity index (χ1n) is 6.21. The molecule has 1 atom stereocenters. The van der Waals surface area contributed by atoms with Gasteiger partial charge in [0.15, 0.2) is 0 Å². The van der Waals surface area contributed by atoms with Crippen molar-refractivity contribution in [3.05, 3.63) is 29.3 Å². The molecule has 0 saturated heterocycles. The molecule has 0 aromatic heterocycles. The van der Waals surface area contributed by atoms with E-state index in [-0.39, 0.29) is 6.04 Å². The second-order valence-electron chi connectivity index (χ2n) is 4.10. The SMILES string of the molecule is CCOc1ccc(CC(N)CC)cc1CC. The van der Waals surface area contributed by atoms with E-state index in [2.05, 4.69) is 32.0 Å². The quantitative estimate of drug-likeness (QED) is 0.801. The van der Waals surface area contributed by atoms with Gasteiger partial charge in [0.25, 0.3) is 0 Å². The fourth-order valence-corrected chi connectivity index (χ4v) is 1.78. The fraction of sp³-hybridized carbons (Fsp3) is 0.571. The Hall–Kier alpha value is -1.02. The smallest absolute Gasteiger partial charge is 0.122 e. The average molecular weight is 221 g/mol. The summed E-state index contributed by atoms with van der Waals surface area (Å²) in [7, 11) is 0. The van der Waals surface area contributed by atoms with Gasteiger partial charge in [-0.05, 0) is 43.4 Å². The lowest BCUT2D eigenvalue weighted by Gasteiger charge is -2.13. The maximum Gasteiger partial charge on any atom is 0.122 e. The average Bonchev–Trinajstić information content (AvgIpc) is 2.31. The third-order valence-corrected chi connectivity index (χ3v) is 2.83. The van der Waals surface area contributed by atoms with E-state index in [4.69, 9.17) is 10.5 Å². The molecular formula is C14H23NO. The molecule has 0 aliphatic rings. The van der Waals surface area contributed by atoms with E-state index in [1.165, 1.54) is 11.1 Å². The zero-order chi connectivity index (χ0) is 12.0. The molecular weight excluding hydrogens is 198 g/mol. The minimum Gasteiger partial charge on any atom is -0.494 e. The van der Waals surface area contributed by atoms with E-state index in [1.807, 2.05) is 6.92 Å². The van der Waals surface area contributed by atoms with Crippen molar-refractivity contribution >= 4 is 0 Å². The van der Waals surface area contributed by atoms with Crippen LogP contribution in [0.2, 0.25) is 0 Å². The maximum atomic E-state index is 5.96. The zero-order valence-corrected chi connectivity index (χ0v) is 10.6. The van der Waals surface area contributed by atoms with Gasteiger partial charge in [-0.25, -0.2) is 0 Å². The van der Waals surface area contributed by atoms with Gasteiger partial charge in [0.1, 0.15) is 5.75 Å². The van der Waals surface area contributed by atoms with Crippen molar-refractivity contribution in [3.8, 4) is 5.75 Å². The Morgan fingerprint density at radius 1 is 1.25 bits per heavy atom. The summed E-state index contributed by atoms with van der Waals surface area (Å²) in [5, 5.41) is 0. The molecule has 0 fully saturated rings. The van der Waals surface area contributed by atoms with Crippen molar-refractivity contribution in [2.45, 2.75) is 46.1 Å². The van der Waals surface area contributed by atoms with Gasteiger partial charge < -0.3 is 10.5 Å². The highest BCUT2D eigenvalue weighted by atomic mass is 16.5. The summed E-state index contributed by atoms with van der Waals surface area (Å²) in [6.45, 7) is 7.02. The van der Waals surface area contributed by atoms with Crippen LogP contribution in [0.1, 0.15) is 38.3 Å². The van der Waals surface area contributed by atoms with E-state index in [0.717, 1.165) is 31.6 Å². The summed E-state index contributed by atoms with van der Waals surface area (Å²) in [5.74, 6) is 1.01. The Morgan fingerprint density at radius 3 is 2.56 bits per heavy atom. The Balaban J connectivity index is 2.81. The molecule has 1 unspecified atom stereocenters. The lowest BCUT2D eigenvalue weighted by atomic mass is 10.0. The summed E-state index contributed by atoms with van der Waals surface area (Å²) >= 11 is 0. The third kappa shape index (κ3) is 3.53. The van der Waals surface area contributed by atoms with Gasteiger partial charge in [0.05, 0.1) is 6.61 Å². The number of nitrogens with two attached hydrogens (primary N) is 1. The first-order valence-corrected chi connectivity index (χ1v) is 6.21. The van der Waals surface area contributed by atoms with Gasteiger partial charge in [-0.2, -0.15) is 0 Å². The zero-order valence-electron chi connectivity index (χ0n) is 10.6. The first kappa shape index (κ1) is 13.0. The highest BCUT2D eigenvalue weighted by Gasteiger charge is 2.06. The first-order chi connectivity index (χ1) is 7.71. The standard InChI is InChI=1S/C14H23NO/c1-4-12-9-11(10-13(15)5-2)7-8-14(12)16-6-3/h7-9,13H,4-6,10,15H2,1-3H3. The van der Waals surface area contributed by atoms with Crippen molar-refractivity contribution in [2.75, 3.05) is 6.61 Å². The minimum atomic E-state index is 0.266. The summed E-state index contributed by atoms with van der Waals surface area (Å²) in [6.07, 6.45) is 2.98. The predicted molar refractivity (Wildman–Crippen MR) is 69.0 cm³/mol. The van der Waals surface area contributed by atoms with Crippen LogP contribution in [0.5, 0.6) is 5.75 Å². The van der Waals surface area contributed by atoms with Crippen molar-refractivity contribution in [3.63, 3.8) is 0 Å². The van der Waals surface area contributed by atoms with Crippen molar-refractivity contribution in [1.29, 1.82) is 0 Å². The molecule has 0 bridgehead atoms. The Morgan fingerprint density at radius 2 is 2.00 bits per heavy atom. The van der Waals surface area contributed by atoms with E-state index in [9.17, 15) is 0 Å². The van der Waals surface area contributed by atoms with E-state index >= 15 is 0 Å². The van der Waals surface area contributed by atoms with Gasteiger partial charge in [-0.15, -0.1) is 0 Å². The monoisotopic (exact) mass is 221 g/mol. The normalized spacial score (nSPS) is 12.5. The second kappa shape index (κ2) is 6.54. The van der Waals surface area contributed by atoms with Crippen LogP contribution in [0.3, 0.4) is 0 Å². The summed E-state index contributed by atoms with van der Waals surface area (Å²) in [4.78, 5) is 0. The topological polar surface area (TPSA) is 35.2 Å². The van der Waals surface area contributed by atoms with Crippen LogP contribution in [0, 0.1) is 0 Å². The third-order valence-electron chi connectivity index (χ3n) is 2.83. The van der Waals surface area contributed by atoms with Crippen LogP contribution in [0.15, 0.2) is 18.2 Å². The lowest BCUT2D eigenvalue weighted by Crippen LogP contribution is -2.21.